The van der Waals surface area contributed by atoms with Crippen molar-refractivity contribution in [1.82, 2.24) is 9.55 Å². The van der Waals surface area contributed by atoms with Crippen molar-refractivity contribution in [1.29, 1.82) is 0 Å². The number of hydrogen-bond donors (Lipinski definition) is 2. The van der Waals surface area contributed by atoms with Crippen LogP contribution in [0.25, 0.3) is 10.9 Å². The molecule has 31 heavy (non-hydrogen) atoms. The van der Waals surface area contributed by atoms with Crippen LogP contribution in [0.2, 0.25) is 5.02 Å². The number of carboxylic acid groups (broad SMARTS) is 1. The summed E-state index contributed by atoms with van der Waals surface area (Å²) in [5.41, 5.74) is 2.43. The van der Waals surface area contributed by atoms with E-state index in [1.807, 2.05) is 34.9 Å². The van der Waals surface area contributed by atoms with E-state index in [9.17, 15) is 14.4 Å². The number of nitrogens with zero attached hydrogens (tertiary/aromatic N) is 2. The van der Waals surface area contributed by atoms with Gasteiger partial charge in [0.05, 0.1) is 17.7 Å². The van der Waals surface area contributed by atoms with Gasteiger partial charge in [0.2, 0.25) is 0 Å². The van der Waals surface area contributed by atoms with Gasteiger partial charge in [-0.05, 0) is 23.8 Å². The molecule has 0 aliphatic rings. The first-order valence-electron chi connectivity index (χ1n) is 9.25. The number of fused-ring (bicyclic) bond motifs is 1. The highest BCUT2D eigenvalue weighted by atomic mass is 35.5. The number of thiazole rings is 1. The van der Waals surface area contributed by atoms with E-state index >= 15 is 0 Å². The van der Waals surface area contributed by atoms with Crippen LogP contribution < -0.4 is 5.32 Å². The molecule has 2 aromatic carbocycles. The summed E-state index contributed by atoms with van der Waals surface area (Å²) in [7, 11) is 0. The lowest BCUT2D eigenvalue weighted by Crippen LogP contribution is -2.22. The summed E-state index contributed by atoms with van der Waals surface area (Å²) in [6.45, 7) is 0.512. The molecule has 2 heterocycles. The monoisotopic (exact) mass is 453 g/mol. The second-order valence-electron chi connectivity index (χ2n) is 6.81. The highest BCUT2D eigenvalue weighted by Gasteiger charge is 2.22. The molecule has 0 fully saturated rings. The summed E-state index contributed by atoms with van der Waals surface area (Å²) in [6, 6.07) is 14.8. The van der Waals surface area contributed by atoms with E-state index in [0.717, 1.165) is 22.4 Å². The topological polar surface area (TPSA) is 101 Å². The molecule has 2 aromatic heterocycles. The van der Waals surface area contributed by atoms with Crippen molar-refractivity contribution < 1.29 is 19.5 Å². The van der Waals surface area contributed by atoms with Gasteiger partial charge in [-0.25, -0.2) is 4.98 Å². The largest absolute Gasteiger partial charge is 0.481 e. The maximum atomic E-state index is 12.9. The number of nitrogens with one attached hydrogen (secondary N) is 1. The van der Waals surface area contributed by atoms with E-state index in [0.29, 0.717) is 22.6 Å². The Morgan fingerprint density at radius 2 is 1.84 bits per heavy atom. The van der Waals surface area contributed by atoms with Crippen LogP contribution in [0.3, 0.4) is 0 Å². The third-order valence-corrected chi connectivity index (χ3v) is 5.67. The second kappa shape index (κ2) is 8.71. The molecule has 156 valence electrons. The van der Waals surface area contributed by atoms with Crippen LogP contribution in [0.5, 0.6) is 0 Å². The molecule has 0 radical (unpaired) electrons. The van der Waals surface area contributed by atoms with Crippen molar-refractivity contribution in [3.63, 3.8) is 0 Å². The predicted molar refractivity (Wildman–Crippen MR) is 119 cm³/mol. The normalized spacial score (nSPS) is 10.9. The second-order valence-corrected chi connectivity index (χ2v) is 8.11. The first-order chi connectivity index (χ1) is 14.9. The van der Waals surface area contributed by atoms with Crippen LogP contribution in [0.15, 0.2) is 60.1 Å². The van der Waals surface area contributed by atoms with Gasteiger partial charge in [0, 0.05) is 34.0 Å². The summed E-state index contributed by atoms with van der Waals surface area (Å²) < 4.78 is 1.91. The zero-order valence-electron chi connectivity index (χ0n) is 16.0. The van der Waals surface area contributed by atoms with Crippen molar-refractivity contribution in [2.75, 3.05) is 5.32 Å². The van der Waals surface area contributed by atoms with E-state index in [4.69, 9.17) is 16.7 Å². The zero-order valence-corrected chi connectivity index (χ0v) is 17.6. The average molecular weight is 454 g/mol. The molecule has 0 saturated heterocycles. The number of carbonyl (C=O) groups excluding carboxylic acids is 2. The first kappa shape index (κ1) is 20.8. The number of ketones is 1. The molecule has 2 N–H and O–H groups in total. The SMILES string of the molecule is O=C(O)Cc1csc(NC(=O)C(=O)c2cn(Cc3ccc(Cl)cc3)c3ccccc23)n1. The lowest BCUT2D eigenvalue weighted by atomic mass is 10.1. The van der Waals surface area contributed by atoms with Crippen LogP contribution in [0, 0.1) is 0 Å². The Kier molecular flexibility index (Phi) is 5.83. The maximum Gasteiger partial charge on any atom is 0.309 e. The lowest BCUT2D eigenvalue weighted by Gasteiger charge is -2.05. The Balaban J connectivity index is 1.58. The number of amides is 1. The molecule has 9 heteroatoms. The molecular formula is C22H16ClN3O4S. The van der Waals surface area contributed by atoms with E-state index in [-0.39, 0.29) is 17.1 Å². The molecule has 4 rings (SSSR count). The summed E-state index contributed by atoms with van der Waals surface area (Å²) >= 11 is 7.02. The fraction of sp³-hybridized carbons (Fsp3) is 0.0909. The molecule has 1 amide bonds. The third-order valence-electron chi connectivity index (χ3n) is 4.61. The highest BCUT2D eigenvalue weighted by molar-refractivity contribution is 7.14. The van der Waals surface area contributed by atoms with Crippen LogP contribution in [0.1, 0.15) is 21.6 Å². The number of carboxylic acids is 1. The number of benzene rings is 2. The van der Waals surface area contributed by atoms with Gasteiger partial charge >= 0.3 is 5.97 Å². The molecule has 0 saturated carbocycles. The van der Waals surface area contributed by atoms with Crippen molar-refractivity contribution >= 4 is 56.6 Å². The Morgan fingerprint density at radius 3 is 2.58 bits per heavy atom. The van der Waals surface area contributed by atoms with Gasteiger partial charge < -0.3 is 9.67 Å². The molecule has 0 aliphatic heterocycles. The van der Waals surface area contributed by atoms with Crippen LogP contribution in [-0.4, -0.2) is 32.3 Å². The standard InChI is InChI=1S/C22H16ClN3O4S/c23-14-7-5-13(6-8-14)10-26-11-17(16-3-1-2-4-18(16)26)20(29)21(30)25-22-24-15(12-31-22)9-19(27)28/h1-8,11-12H,9-10H2,(H,27,28)(H,24,25,30). The van der Waals surface area contributed by atoms with Crippen molar-refractivity contribution in [2.45, 2.75) is 13.0 Å². The first-order valence-corrected chi connectivity index (χ1v) is 10.5. The molecule has 0 atom stereocenters. The van der Waals surface area contributed by atoms with Gasteiger partial charge in [0.25, 0.3) is 11.7 Å². The number of aliphatic carboxylic acids is 1. The van der Waals surface area contributed by atoms with Gasteiger partial charge in [-0.1, -0.05) is 41.9 Å². The van der Waals surface area contributed by atoms with Crippen LogP contribution in [0.4, 0.5) is 5.13 Å². The Hall–Kier alpha value is -3.49. The van der Waals surface area contributed by atoms with E-state index in [1.54, 1.807) is 24.4 Å². The summed E-state index contributed by atoms with van der Waals surface area (Å²) in [4.78, 5) is 40.3. The third kappa shape index (κ3) is 4.65. The van der Waals surface area contributed by atoms with Crippen LogP contribution >= 0.6 is 22.9 Å². The van der Waals surface area contributed by atoms with Gasteiger partial charge in [-0.15, -0.1) is 11.3 Å². The number of carbonyl (C=O) groups is 3. The predicted octanol–water partition coefficient (Wildman–Crippen LogP) is 4.25. The van der Waals surface area contributed by atoms with Gasteiger partial charge in [0.15, 0.2) is 5.13 Å². The quantitative estimate of drug-likeness (QED) is 0.322. The summed E-state index contributed by atoms with van der Waals surface area (Å²) in [5, 5.41) is 14.3. The highest BCUT2D eigenvalue weighted by Crippen LogP contribution is 2.24. The molecule has 4 aromatic rings. The summed E-state index contributed by atoms with van der Waals surface area (Å²) in [5.74, 6) is -2.54. The number of hydrogen-bond acceptors (Lipinski definition) is 5. The number of para-hydroxylation sites is 1. The molecule has 0 spiro atoms. The van der Waals surface area contributed by atoms with Gasteiger partial charge in [-0.2, -0.15) is 0 Å². The Bertz CT molecular complexity index is 1290. The number of aromatic nitrogens is 2. The van der Waals surface area contributed by atoms with E-state index in [1.165, 1.54) is 5.38 Å². The lowest BCUT2D eigenvalue weighted by molar-refractivity contribution is -0.136. The fourth-order valence-corrected chi connectivity index (χ4v) is 4.05. The molecule has 0 aliphatic carbocycles. The van der Waals surface area contributed by atoms with Gasteiger partial charge in [-0.3, -0.25) is 19.7 Å². The van der Waals surface area contributed by atoms with Crippen LogP contribution in [-0.2, 0) is 22.6 Å². The molecule has 0 bridgehead atoms. The minimum atomic E-state index is -1.02. The van der Waals surface area contributed by atoms with Crippen molar-refractivity contribution in [2.24, 2.45) is 0 Å². The van der Waals surface area contributed by atoms with Gasteiger partial charge in [0.1, 0.15) is 0 Å². The Labute approximate surface area is 185 Å². The Morgan fingerprint density at radius 1 is 1.10 bits per heavy atom. The maximum absolute atomic E-state index is 12.9. The number of Topliss-reactive ketones (excluding diaryl/α,β-unsaturated/α-hetero) is 1. The molecule has 0 unspecified atom stereocenters. The smallest absolute Gasteiger partial charge is 0.309 e. The average Bonchev–Trinajstić information content (AvgIpc) is 3.33. The summed E-state index contributed by atoms with van der Waals surface area (Å²) in [6.07, 6.45) is 1.41. The zero-order chi connectivity index (χ0) is 22.0. The van der Waals surface area contributed by atoms with Crippen molar-refractivity contribution in [3.8, 4) is 0 Å². The molecular weight excluding hydrogens is 438 g/mol. The van der Waals surface area contributed by atoms with Crippen molar-refractivity contribution in [3.05, 3.63) is 82.0 Å². The molecule has 7 nitrogen and oxygen atoms in total. The van der Waals surface area contributed by atoms with E-state index in [2.05, 4.69) is 10.3 Å². The fourth-order valence-electron chi connectivity index (χ4n) is 3.22. The number of anilines is 1. The minimum Gasteiger partial charge on any atom is -0.481 e. The minimum absolute atomic E-state index is 0.180. The number of rotatable bonds is 7. The number of halogens is 1. The van der Waals surface area contributed by atoms with E-state index < -0.39 is 17.7 Å².